The zero-order valence-electron chi connectivity index (χ0n) is 11.7. The fourth-order valence-corrected chi connectivity index (χ4v) is 2.71. The van der Waals surface area contributed by atoms with Gasteiger partial charge < -0.3 is 0 Å². The molecule has 0 fully saturated rings. The summed E-state index contributed by atoms with van der Waals surface area (Å²) in [6, 6.07) is 14.1. The molecule has 2 aromatic carbocycles. The molecule has 0 unspecified atom stereocenters. The van der Waals surface area contributed by atoms with Crippen molar-refractivity contribution in [2.75, 3.05) is 6.26 Å². The second-order valence-corrected chi connectivity index (χ2v) is 6.53. The molecule has 0 spiro atoms. The van der Waals surface area contributed by atoms with Crippen LogP contribution in [0.3, 0.4) is 0 Å². The van der Waals surface area contributed by atoms with Gasteiger partial charge in [0.25, 0.3) is 11.8 Å². The number of carbonyl (C=O) groups excluding carboxylic acids is 2. The Morgan fingerprint density at radius 1 is 0.818 bits per heavy atom. The average Bonchev–Trinajstić information content (AvgIpc) is 2.52. The number of hydrogen-bond donors (Lipinski definition) is 2. The molecule has 7 heteroatoms. The molecule has 2 aromatic rings. The Hall–Kier alpha value is -2.67. The lowest BCUT2D eigenvalue weighted by atomic mass is 10.2. The minimum Gasteiger partial charge on any atom is -0.267 e. The summed E-state index contributed by atoms with van der Waals surface area (Å²) in [6.07, 6.45) is 1.02. The molecular formula is C15H14N2O4S. The van der Waals surface area contributed by atoms with Crippen LogP contribution in [-0.4, -0.2) is 26.5 Å². The van der Waals surface area contributed by atoms with Crippen molar-refractivity contribution in [3.05, 3.63) is 65.7 Å². The lowest BCUT2D eigenvalue weighted by Crippen LogP contribution is -2.42. The number of rotatable bonds is 3. The van der Waals surface area contributed by atoms with Crippen LogP contribution < -0.4 is 10.9 Å². The van der Waals surface area contributed by atoms with Crippen molar-refractivity contribution >= 4 is 21.7 Å². The van der Waals surface area contributed by atoms with E-state index >= 15 is 0 Å². The first-order valence-electron chi connectivity index (χ1n) is 6.34. The van der Waals surface area contributed by atoms with Crippen molar-refractivity contribution in [1.29, 1.82) is 0 Å². The minimum absolute atomic E-state index is 0.0293. The maximum atomic E-state index is 12.1. The van der Waals surface area contributed by atoms with Crippen LogP contribution in [-0.2, 0) is 9.84 Å². The van der Waals surface area contributed by atoms with Crippen molar-refractivity contribution < 1.29 is 18.0 Å². The topological polar surface area (TPSA) is 92.3 Å². The minimum atomic E-state index is -3.54. The molecule has 0 saturated heterocycles. The summed E-state index contributed by atoms with van der Waals surface area (Å²) in [7, 11) is -3.54. The lowest BCUT2D eigenvalue weighted by molar-refractivity contribution is 0.0845. The maximum Gasteiger partial charge on any atom is 0.271 e. The van der Waals surface area contributed by atoms with E-state index in [0.29, 0.717) is 5.56 Å². The third-order valence-corrected chi connectivity index (χ3v) is 4.01. The van der Waals surface area contributed by atoms with Gasteiger partial charge in [0.2, 0.25) is 0 Å². The monoisotopic (exact) mass is 318 g/mol. The van der Waals surface area contributed by atoms with Gasteiger partial charge in [-0.25, -0.2) is 8.42 Å². The zero-order valence-corrected chi connectivity index (χ0v) is 12.6. The predicted molar refractivity (Wildman–Crippen MR) is 80.9 cm³/mol. The van der Waals surface area contributed by atoms with Gasteiger partial charge in [-0.15, -0.1) is 0 Å². The highest BCUT2D eigenvalue weighted by atomic mass is 32.2. The van der Waals surface area contributed by atoms with Gasteiger partial charge in [0.15, 0.2) is 9.84 Å². The largest absolute Gasteiger partial charge is 0.271 e. The molecule has 0 aliphatic carbocycles. The smallest absolute Gasteiger partial charge is 0.267 e. The normalized spacial score (nSPS) is 10.8. The van der Waals surface area contributed by atoms with E-state index in [9.17, 15) is 18.0 Å². The molecule has 2 amide bonds. The number of hydrazine groups is 1. The first kappa shape index (κ1) is 15.7. The summed E-state index contributed by atoms with van der Waals surface area (Å²) in [5.41, 5.74) is 4.79. The fraction of sp³-hybridized carbons (Fsp3) is 0.0667. The molecule has 0 heterocycles. The molecule has 0 aliphatic rings. The van der Waals surface area contributed by atoms with Crippen LogP contribution in [0.1, 0.15) is 20.7 Å². The van der Waals surface area contributed by atoms with E-state index in [1.807, 2.05) is 0 Å². The first-order chi connectivity index (χ1) is 10.4. The Morgan fingerprint density at radius 3 is 2.00 bits per heavy atom. The first-order valence-corrected chi connectivity index (χ1v) is 8.23. The van der Waals surface area contributed by atoms with E-state index in [1.165, 1.54) is 18.2 Å². The van der Waals surface area contributed by atoms with Crippen molar-refractivity contribution in [2.24, 2.45) is 0 Å². The molecule has 2 N–H and O–H groups in total. The zero-order chi connectivity index (χ0) is 16.2. The standard InChI is InChI=1S/C15H14N2O4S/c1-22(20,21)13-10-6-5-9-12(13)15(19)17-16-14(18)11-7-3-2-4-8-11/h2-10H,1H3,(H,16,18)(H,17,19). The van der Waals surface area contributed by atoms with Crippen LogP contribution >= 0.6 is 0 Å². The third-order valence-electron chi connectivity index (χ3n) is 2.86. The van der Waals surface area contributed by atoms with Crippen molar-refractivity contribution in [2.45, 2.75) is 4.90 Å². The Balaban J connectivity index is 2.13. The Morgan fingerprint density at radius 2 is 1.36 bits per heavy atom. The SMILES string of the molecule is CS(=O)(=O)c1ccccc1C(=O)NNC(=O)c1ccccc1. The molecule has 6 nitrogen and oxygen atoms in total. The number of nitrogens with one attached hydrogen (secondary N) is 2. The molecule has 0 saturated carbocycles. The number of sulfone groups is 1. The van der Waals surface area contributed by atoms with E-state index in [1.54, 1.807) is 36.4 Å². The molecule has 0 radical (unpaired) electrons. The number of hydrogen-bond acceptors (Lipinski definition) is 4. The fourth-order valence-electron chi connectivity index (χ4n) is 1.82. The van der Waals surface area contributed by atoms with Gasteiger partial charge in [-0.3, -0.25) is 20.4 Å². The van der Waals surface area contributed by atoms with Crippen LogP contribution in [0.25, 0.3) is 0 Å². The van der Waals surface area contributed by atoms with Gasteiger partial charge in [-0.2, -0.15) is 0 Å². The summed E-state index contributed by atoms with van der Waals surface area (Å²) in [5, 5.41) is 0. The number of amides is 2. The number of benzene rings is 2. The lowest BCUT2D eigenvalue weighted by Gasteiger charge is -2.10. The predicted octanol–water partition coefficient (Wildman–Crippen LogP) is 1.16. The van der Waals surface area contributed by atoms with Crippen LogP contribution in [0, 0.1) is 0 Å². The van der Waals surface area contributed by atoms with Gasteiger partial charge >= 0.3 is 0 Å². The third kappa shape index (κ3) is 3.70. The second kappa shape index (κ2) is 6.40. The van der Waals surface area contributed by atoms with Crippen LogP contribution in [0.4, 0.5) is 0 Å². The Labute approximate surface area is 128 Å². The summed E-state index contributed by atoms with van der Waals surface area (Å²) in [6.45, 7) is 0. The quantitative estimate of drug-likeness (QED) is 0.831. The van der Waals surface area contributed by atoms with E-state index in [0.717, 1.165) is 6.26 Å². The maximum absolute atomic E-state index is 12.1. The molecule has 114 valence electrons. The number of carbonyl (C=O) groups is 2. The summed E-state index contributed by atoms with van der Waals surface area (Å²) < 4.78 is 23.3. The van der Waals surface area contributed by atoms with Gasteiger partial charge in [0.05, 0.1) is 10.5 Å². The highest BCUT2D eigenvalue weighted by Crippen LogP contribution is 2.14. The van der Waals surface area contributed by atoms with Crippen molar-refractivity contribution in [1.82, 2.24) is 10.9 Å². The highest BCUT2D eigenvalue weighted by molar-refractivity contribution is 7.90. The second-order valence-electron chi connectivity index (χ2n) is 4.54. The molecular weight excluding hydrogens is 304 g/mol. The van der Waals surface area contributed by atoms with Crippen molar-refractivity contribution in [3.63, 3.8) is 0 Å². The van der Waals surface area contributed by atoms with Gasteiger partial charge in [0.1, 0.15) is 0 Å². The van der Waals surface area contributed by atoms with Gasteiger partial charge in [0, 0.05) is 11.8 Å². The highest BCUT2D eigenvalue weighted by Gasteiger charge is 2.18. The molecule has 22 heavy (non-hydrogen) atoms. The summed E-state index contributed by atoms with van der Waals surface area (Å²) in [5.74, 6) is -1.20. The molecule has 2 rings (SSSR count). The van der Waals surface area contributed by atoms with E-state index in [2.05, 4.69) is 10.9 Å². The average molecular weight is 318 g/mol. The van der Waals surface area contributed by atoms with Crippen LogP contribution in [0.2, 0.25) is 0 Å². The molecule has 0 bridgehead atoms. The van der Waals surface area contributed by atoms with Gasteiger partial charge in [-0.1, -0.05) is 30.3 Å². The van der Waals surface area contributed by atoms with E-state index in [-0.39, 0.29) is 10.5 Å². The van der Waals surface area contributed by atoms with Crippen molar-refractivity contribution in [3.8, 4) is 0 Å². The summed E-state index contributed by atoms with van der Waals surface area (Å²) in [4.78, 5) is 23.8. The van der Waals surface area contributed by atoms with Crippen LogP contribution in [0.5, 0.6) is 0 Å². The van der Waals surface area contributed by atoms with Crippen LogP contribution in [0.15, 0.2) is 59.5 Å². The Bertz CT molecular complexity index is 801. The van der Waals surface area contributed by atoms with E-state index in [4.69, 9.17) is 0 Å². The molecule has 0 aromatic heterocycles. The summed E-state index contributed by atoms with van der Waals surface area (Å²) >= 11 is 0. The molecule has 0 aliphatic heterocycles. The Kier molecular flexibility index (Phi) is 4.57. The van der Waals surface area contributed by atoms with Gasteiger partial charge in [-0.05, 0) is 24.3 Å². The molecule has 0 atom stereocenters. The van der Waals surface area contributed by atoms with E-state index < -0.39 is 21.7 Å².